The van der Waals surface area contributed by atoms with E-state index in [4.69, 9.17) is 0 Å². The van der Waals surface area contributed by atoms with Crippen molar-refractivity contribution < 1.29 is 76.8 Å². The van der Waals surface area contributed by atoms with Gasteiger partial charge in [0.2, 0.25) is 6.04 Å². The first-order chi connectivity index (χ1) is 20.8. The van der Waals surface area contributed by atoms with Crippen molar-refractivity contribution in [3.63, 3.8) is 0 Å². The molecule has 0 N–H and O–H groups in total. The number of rotatable bonds is 3. The lowest BCUT2D eigenvalue weighted by atomic mass is 9.82. The average Bonchev–Trinajstić information content (AvgIpc) is 2.91. The standard InChI is InChI=1S/C23H27F12N5O6/c24-20(25,26)16(41)36-5-6-37(17(42)21(27,28)29)9-10-39(19(44)23(33,34)35)15(11-13-1-3-14(4-2-13)40(45)46)12-38(8-7-36)18(43)22(30,31)32/h13-15H,1-12H2. The lowest BCUT2D eigenvalue weighted by molar-refractivity contribution is -0.527. The Balaban J connectivity index is 2.65. The highest BCUT2D eigenvalue weighted by atomic mass is 19.4. The molecule has 0 radical (unpaired) electrons. The fourth-order valence-electron chi connectivity index (χ4n) is 5.30. The monoisotopic (exact) mass is 697 g/mol. The van der Waals surface area contributed by atoms with Crippen LogP contribution >= 0.6 is 0 Å². The zero-order valence-electron chi connectivity index (χ0n) is 23.4. The van der Waals surface area contributed by atoms with Crippen molar-refractivity contribution in [3.8, 4) is 0 Å². The normalized spacial score (nSPS) is 23.3. The van der Waals surface area contributed by atoms with Crippen molar-refractivity contribution in [3.05, 3.63) is 10.1 Å². The van der Waals surface area contributed by atoms with Gasteiger partial charge in [0.05, 0.1) is 0 Å². The summed E-state index contributed by atoms with van der Waals surface area (Å²) in [6.45, 7) is -9.94. The summed E-state index contributed by atoms with van der Waals surface area (Å²) >= 11 is 0. The van der Waals surface area contributed by atoms with Gasteiger partial charge in [-0.1, -0.05) is 0 Å². The van der Waals surface area contributed by atoms with Gasteiger partial charge in [-0.25, -0.2) is 0 Å². The molecule has 0 aromatic heterocycles. The van der Waals surface area contributed by atoms with Crippen molar-refractivity contribution in [1.29, 1.82) is 0 Å². The van der Waals surface area contributed by atoms with E-state index in [1.165, 1.54) is 0 Å². The van der Waals surface area contributed by atoms with Gasteiger partial charge in [-0.3, -0.25) is 29.3 Å². The molecule has 0 aromatic carbocycles. The fourth-order valence-corrected chi connectivity index (χ4v) is 5.30. The van der Waals surface area contributed by atoms with Crippen LogP contribution in [0.4, 0.5) is 52.7 Å². The van der Waals surface area contributed by atoms with E-state index >= 15 is 0 Å². The number of carbonyl (C=O) groups excluding carboxylic acids is 4. The molecule has 4 amide bonds. The second kappa shape index (κ2) is 14.5. The smallest absolute Gasteiger partial charge is 0.331 e. The minimum absolute atomic E-state index is 0.0873. The molecular formula is C23H27F12N5O6. The van der Waals surface area contributed by atoms with Gasteiger partial charge in [0.1, 0.15) is 0 Å². The van der Waals surface area contributed by atoms with Crippen LogP contribution in [0.1, 0.15) is 32.1 Å². The molecule has 2 fully saturated rings. The van der Waals surface area contributed by atoms with E-state index in [2.05, 4.69) is 0 Å². The molecule has 1 saturated carbocycles. The summed E-state index contributed by atoms with van der Waals surface area (Å²) in [7, 11) is 0. The largest absolute Gasteiger partial charge is 0.471 e. The summed E-state index contributed by atoms with van der Waals surface area (Å²) in [6, 6.07) is -3.14. The summed E-state index contributed by atoms with van der Waals surface area (Å²) in [6.07, 6.45) is -24.1. The maximum atomic E-state index is 13.7. The first-order valence-corrected chi connectivity index (χ1v) is 13.4. The quantitative estimate of drug-likeness (QED) is 0.254. The van der Waals surface area contributed by atoms with Crippen LogP contribution in [-0.2, 0) is 19.2 Å². The van der Waals surface area contributed by atoms with Gasteiger partial charge in [-0.2, -0.15) is 52.7 Å². The highest BCUT2D eigenvalue weighted by Gasteiger charge is 2.50. The molecule has 0 spiro atoms. The molecule has 0 aromatic rings. The fraction of sp³-hybridized carbons (Fsp3) is 0.826. The van der Waals surface area contributed by atoms with E-state index in [9.17, 15) is 82.0 Å². The summed E-state index contributed by atoms with van der Waals surface area (Å²) in [5.74, 6) is -11.8. The zero-order valence-corrected chi connectivity index (χ0v) is 23.4. The number of carbonyl (C=O) groups is 4. The van der Waals surface area contributed by atoms with E-state index < -0.39 is 123 Å². The number of halogens is 12. The maximum Gasteiger partial charge on any atom is 0.471 e. The molecule has 1 saturated heterocycles. The number of amides is 4. The molecule has 1 aliphatic carbocycles. The van der Waals surface area contributed by atoms with Crippen LogP contribution in [0, 0.1) is 16.0 Å². The molecule has 264 valence electrons. The Kier molecular flexibility index (Phi) is 12.1. The van der Waals surface area contributed by atoms with Gasteiger partial charge in [0.25, 0.3) is 0 Å². The Hall–Kier alpha value is -3.56. The van der Waals surface area contributed by atoms with Crippen molar-refractivity contribution in [1.82, 2.24) is 19.6 Å². The number of alkyl halides is 12. The molecule has 2 aliphatic rings. The van der Waals surface area contributed by atoms with Crippen LogP contribution in [0.25, 0.3) is 0 Å². The van der Waals surface area contributed by atoms with E-state index in [0.29, 0.717) is 0 Å². The molecule has 1 atom stereocenters. The molecule has 1 unspecified atom stereocenters. The van der Waals surface area contributed by atoms with Crippen molar-refractivity contribution in [2.75, 3.05) is 45.8 Å². The minimum Gasteiger partial charge on any atom is -0.331 e. The summed E-state index contributed by atoms with van der Waals surface area (Å²) < 4.78 is 161. The highest BCUT2D eigenvalue weighted by Crippen LogP contribution is 2.33. The van der Waals surface area contributed by atoms with E-state index in [1.807, 2.05) is 0 Å². The first kappa shape index (κ1) is 38.6. The summed E-state index contributed by atoms with van der Waals surface area (Å²) in [5.41, 5.74) is 0. The summed E-state index contributed by atoms with van der Waals surface area (Å²) in [5, 5.41) is 11.1. The van der Waals surface area contributed by atoms with E-state index in [-0.39, 0.29) is 45.3 Å². The van der Waals surface area contributed by atoms with Crippen molar-refractivity contribution in [2.45, 2.75) is 68.9 Å². The molecule has 2 rings (SSSR count). The van der Waals surface area contributed by atoms with Crippen LogP contribution in [0.3, 0.4) is 0 Å². The average molecular weight is 697 g/mol. The number of nitrogens with zero attached hydrogens (tertiary/aromatic N) is 5. The minimum atomic E-state index is -5.77. The Labute approximate surface area is 251 Å². The van der Waals surface area contributed by atoms with Gasteiger partial charge in [-0.05, 0) is 25.2 Å². The zero-order chi connectivity index (χ0) is 35.4. The number of nitro groups is 1. The van der Waals surface area contributed by atoms with Crippen LogP contribution < -0.4 is 0 Å². The van der Waals surface area contributed by atoms with Gasteiger partial charge >= 0.3 is 48.3 Å². The Morgan fingerprint density at radius 3 is 1.28 bits per heavy atom. The van der Waals surface area contributed by atoms with Crippen LogP contribution in [0.5, 0.6) is 0 Å². The van der Waals surface area contributed by atoms with Gasteiger partial charge in [0.15, 0.2) is 0 Å². The second-order valence-corrected chi connectivity index (χ2v) is 10.7. The lowest BCUT2D eigenvalue weighted by Gasteiger charge is -2.40. The van der Waals surface area contributed by atoms with Crippen LogP contribution in [0.2, 0.25) is 0 Å². The third-order valence-corrected chi connectivity index (χ3v) is 7.57. The molecule has 1 aliphatic heterocycles. The Morgan fingerprint density at radius 1 is 0.565 bits per heavy atom. The van der Waals surface area contributed by atoms with Crippen LogP contribution in [0.15, 0.2) is 0 Å². The molecule has 1 heterocycles. The number of hydrogen-bond donors (Lipinski definition) is 0. The van der Waals surface area contributed by atoms with E-state index in [0.717, 1.165) is 0 Å². The van der Waals surface area contributed by atoms with E-state index in [1.54, 1.807) is 0 Å². The predicted molar refractivity (Wildman–Crippen MR) is 127 cm³/mol. The third-order valence-electron chi connectivity index (χ3n) is 7.57. The molecular weight excluding hydrogens is 670 g/mol. The predicted octanol–water partition coefficient (Wildman–Crippen LogP) is 3.16. The van der Waals surface area contributed by atoms with Gasteiger partial charge < -0.3 is 19.6 Å². The van der Waals surface area contributed by atoms with Gasteiger partial charge in [-0.15, -0.1) is 0 Å². The second-order valence-electron chi connectivity index (χ2n) is 10.7. The maximum absolute atomic E-state index is 13.7. The van der Waals surface area contributed by atoms with Crippen molar-refractivity contribution in [2.24, 2.45) is 5.92 Å². The van der Waals surface area contributed by atoms with Crippen molar-refractivity contribution >= 4 is 23.6 Å². The molecule has 11 nitrogen and oxygen atoms in total. The molecule has 46 heavy (non-hydrogen) atoms. The molecule has 0 bridgehead atoms. The summed E-state index contributed by atoms with van der Waals surface area (Å²) in [4.78, 5) is 58.4. The van der Waals surface area contributed by atoms with Gasteiger partial charge in [0, 0.05) is 69.6 Å². The SMILES string of the molecule is O=C(N1CCN(C(=O)C(F)(F)F)CCN(C(=O)C(F)(F)F)C(CC2CCC([N+](=O)[O-])CC2)CN(C(=O)C(F)(F)F)CC1)C(F)(F)F. The number of hydrogen-bond acceptors (Lipinski definition) is 6. The third kappa shape index (κ3) is 10.5. The van der Waals surface area contributed by atoms with Crippen LogP contribution in [-0.4, -0.2) is 131 Å². The first-order valence-electron chi connectivity index (χ1n) is 13.4. The molecule has 23 heteroatoms. The Morgan fingerprint density at radius 2 is 0.913 bits per heavy atom. The highest BCUT2D eigenvalue weighted by molar-refractivity contribution is 5.85. The lowest BCUT2D eigenvalue weighted by Crippen LogP contribution is -2.59. The Bertz CT molecular complexity index is 1130. The topological polar surface area (TPSA) is 124 Å².